The van der Waals surface area contributed by atoms with Crippen LogP contribution in [0.4, 0.5) is 5.69 Å². The molecular formula is C26H18N2O8. The molecule has 1 saturated heterocycles. The number of hydrogen-bond donors (Lipinski definition) is 3. The van der Waals surface area contributed by atoms with Crippen molar-refractivity contribution in [3.63, 3.8) is 0 Å². The number of amides is 2. The summed E-state index contributed by atoms with van der Waals surface area (Å²) in [7, 11) is 0. The van der Waals surface area contributed by atoms with Crippen LogP contribution in [0, 0.1) is 5.92 Å². The molecule has 0 aliphatic carbocycles. The molecule has 4 N–H and O–H groups in total. The lowest BCUT2D eigenvalue weighted by molar-refractivity contribution is -0.129. The van der Waals surface area contributed by atoms with E-state index < -0.39 is 35.1 Å². The molecule has 2 amide bonds. The zero-order valence-corrected chi connectivity index (χ0v) is 18.6. The summed E-state index contributed by atoms with van der Waals surface area (Å²) in [6.07, 6.45) is -0.337. The summed E-state index contributed by atoms with van der Waals surface area (Å²) >= 11 is 0. The smallest absolute Gasteiger partial charge is 0.342 e. The minimum absolute atomic E-state index is 0.00356. The van der Waals surface area contributed by atoms with E-state index in [4.69, 9.17) is 15.2 Å². The van der Waals surface area contributed by atoms with Gasteiger partial charge in [0, 0.05) is 35.2 Å². The van der Waals surface area contributed by atoms with Gasteiger partial charge in [0.2, 0.25) is 11.8 Å². The fourth-order valence-electron chi connectivity index (χ4n) is 5.19. The van der Waals surface area contributed by atoms with Crippen LogP contribution in [0.25, 0.3) is 0 Å². The van der Waals surface area contributed by atoms with Crippen molar-refractivity contribution in [2.45, 2.75) is 12.0 Å². The molecule has 0 aromatic heterocycles. The number of Topliss-reactive ketones (excluding diaryl/α,β-unsaturated/α-hetero) is 1. The summed E-state index contributed by atoms with van der Waals surface area (Å²) in [4.78, 5) is 52.4. The number of imide groups is 1. The number of phenols is 2. The van der Waals surface area contributed by atoms with E-state index >= 15 is 0 Å². The highest BCUT2D eigenvalue weighted by Crippen LogP contribution is 2.58. The first-order valence-electron chi connectivity index (χ1n) is 11.1. The molecule has 3 aromatic rings. The summed E-state index contributed by atoms with van der Waals surface area (Å²) in [6.45, 7) is -0.386. The Morgan fingerprint density at radius 1 is 0.972 bits per heavy atom. The Balaban J connectivity index is 1.60. The van der Waals surface area contributed by atoms with Crippen LogP contribution in [-0.4, -0.2) is 40.3 Å². The first kappa shape index (κ1) is 21.8. The van der Waals surface area contributed by atoms with Crippen LogP contribution >= 0.6 is 0 Å². The maximum Gasteiger partial charge on any atom is 0.342 e. The molecule has 3 heterocycles. The molecule has 1 unspecified atom stereocenters. The van der Waals surface area contributed by atoms with Crippen molar-refractivity contribution in [2.75, 3.05) is 11.4 Å². The van der Waals surface area contributed by atoms with Gasteiger partial charge in [-0.25, -0.2) is 9.69 Å². The Bertz CT molecular complexity index is 1480. The molecule has 1 spiro atoms. The highest BCUT2D eigenvalue weighted by Gasteiger charge is 2.56. The average molecular weight is 486 g/mol. The van der Waals surface area contributed by atoms with Crippen molar-refractivity contribution in [3.05, 3.63) is 76.9 Å². The van der Waals surface area contributed by atoms with Gasteiger partial charge < -0.3 is 25.4 Å². The zero-order chi connectivity index (χ0) is 25.4. The summed E-state index contributed by atoms with van der Waals surface area (Å²) in [5, 5.41) is 20.1. The van der Waals surface area contributed by atoms with E-state index in [1.165, 1.54) is 30.3 Å². The molecule has 3 aliphatic heterocycles. The van der Waals surface area contributed by atoms with Gasteiger partial charge in [0.25, 0.3) is 0 Å². The van der Waals surface area contributed by atoms with Gasteiger partial charge in [-0.05, 0) is 30.3 Å². The number of aromatic hydroxyl groups is 2. The van der Waals surface area contributed by atoms with Crippen LogP contribution in [0.3, 0.4) is 0 Å². The lowest BCUT2D eigenvalue weighted by atomic mass is 9.77. The molecule has 10 nitrogen and oxygen atoms in total. The molecule has 0 radical (unpaired) electrons. The quantitative estimate of drug-likeness (QED) is 0.286. The molecule has 3 aromatic carbocycles. The van der Waals surface area contributed by atoms with Crippen molar-refractivity contribution in [3.8, 4) is 23.0 Å². The minimum atomic E-state index is -1.55. The Labute approximate surface area is 203 Å². The topological polar surface area (TPSA) is 156 Å². The Kier molecular flexibility index (Phi) is 4.48. The first-order valence-corrected chi connectivity index (χ1v) is 11.1. The second-order valence-corrected chi connectivity index (χ2v) is 8.73. The SMILES string of the molecule is NCC(=O)C1CC(=O)N(c2cccc3c2C(=O)OC32c3ccc(O)cc3Oc3cc(O)ccc32)C1=O. The Morgan fingerprint density at radius 3 is 2.22 bits per heavy atom. The number of fused-ring (bicyclic) bond motifs is 6. The number of carbonyl (C=O) groups excluding carboxylic acids is 4. The van der Waals surface area contributed by atoms with E-state index in [9.17, 15) is 29.4 Å². The molecule has 1 atom stereocenters. The Hall–Kier alpha value is -4.70. The monoisotopic (exact) mass is 486 g/mol. The largest absolute Gasteiger partial charge is 0.508 e. The van der Waals surface area contributed by atoms with E-state index in [1.54, 1.807) is 24.3 Å². The summed E-state index contributed by atoms with van der Waals surface area (Å²) in [5.41, 5.74) is 4.98. The predicted molar refractivity (Wildman–Crippen MR) is 123 cm³/mol. The maximum atomic E-state index is 13.5. The Morgan fingerprint density at radius 2 is 1.61 bits per heavy atom. The summed E-state index contributed by atoms with van der Waals surface area (Å²) in [6, 6.07) is 13.3. The van der Waals surface area contributed by atoms with Crippen molar-refractivity contribution >= 4 is 29.3 Å². The number of hydrogen-bond acceptors (Lipinski definition) is 9. The number of benzene rings is 3. The highest BCUT2D eigenvalue weighted by molar-refractivity contribution is 6.28. The fraction of sp³-hybridized carbons (Fsp3) is 0.154. The number of phenolic OH excluding ortho intramolecular Hbond substituents is 2. The molecule has 10 heteroatoms. The zero-order valence-electron chi connectivity index (χ0n) is 18.6. The first-order chi connectivity index (χ1) is 17.3. The van der Waals surface area contributed by atoms with E-state index in [1.807, 2.05) is 0 Å². The molecule has 6 rings (SSSR count). The van der Waals surface area contributed by atoms with Crippen molar-refractivity contribution in [1.82, 2.24) is 0 Å². The highest BCUT2D eigenvalue weighted by atomic mass is 16.6. The third kappa shape index (κ3) is 2.75. The van der Waals surface area contributed by atoms with Gasteiger partial charge in [0.05, 0.1) is 17.8 Å². The summed E-state index contributed by atoms with van der Waals surface area (Å²) in [5.74, 6) is -3.73. The van der Waals surface area contributed by atoms with Crippen LogP contribution < -0.4 is 15.4 Å². The molecule has 36 heavy (non-hydrogen) atoms. The van der Waals surface area contributed by atoms with E-state index in [0.717, 1.165) is 4.90 Å². The van der Waals surface area contributed by atoms with Gasteiger partial charge in [-0.3, -0.25) is 14.4 Å². The van der Waals surface area contributed by atoms with Crippen molar-refractivity contribution in [2.24, 2.45) is 11.7 Å². The molecule has 0 bridgehead atoms. The number of anilines is 1. The third-order valence-electron chi connectivity index (χ3n) is 6.76. The summed E-state index contributed by atoms with van der Waals surface area (Å²) < 4.78 is 12.0. The number of ketones is 1. The van der Waals surface area contributed by atoms with Gasteiger partial charge in [-0.1, -0.05) is 12.1 Å². The van der Waals surface area contributed by atoms with E-state index in [-0.39, 0.29) is 47.2 Å². The lowest BCUT2D eigenvalue weighted by Crippen LogP contribution is -2.35. The number of rotatable bonds is 3. The van der Waals surface area contributed by atoms with E-state index in [0.29, 0.717) is 16.7 Å². The fourth-order valence-corrected chi connectivity index (χ4v) is 5.19. The van der Waals surface area contributed by atoms with Gasteiger partial charge in [-0.2, -0.15) is 0 Å². The number of nitrogens with zero attached hydrogens (tertiary/aromatic N) is 1. The molecular weight excluding hydrogens is 468 g/mol. The van der Waals surface area contributed by atoms with Crippen LogP contribution in [0.5, 0.6) is 23.0 Å². The normalized spacial score (nSPS) is 19.0. The van der Waals surface area contributed by atoms with Gasteiger partial charge in [-0.15, -0.1) is 0 Å². The standard InChI is InChI=1S/C26H18N2O8/c27-11-19(31)14-10-22(32)28(24(14)33)18-3-1-2-17-23(18)25(34)36-26(17)15-6-4-12(29)8-20(15)35-21-9-13(30)5-7-16(21)26/h1-9,14,29-30H,10-11,27H2. The second-order valence-electron chi connectivity index (χ2n) is 8.73. The molecule has 0 saturated carbocycles. The van der Waals surface area contributed by atoms with E-state index in [2.05, 4.69) is 0 Å². The molecule has 180 valence electrons. The van der Waals surface area contributed by atoms with Crippen LogP contribution in [0.1, 0.15) is 33.5 Å². The number of esters is 1. The van der Waals surface area contributed by atoms with Gasteiger partial charge in [0.15, 0.2) is 11.4 Å². The molecule has 3 aliphatic rings. The van der Waals surface area contributed by atoms with Crippen LogP contribution in [0.15, 0.2) is 54.6 Å². The predicted octanol–water partition coefficient (Wildman–Crippen LogP) is 2.07. The number of nitrogens with two attached hydrogens (primary N) is 1. The van der Waals surface area contributed by atoms with Gasteiger partial charge >= 0.3 is 5.97 Å². The number of ether oxygens (including phenoxy) is 2. The van der Waals surface area contributed by atoms with Crippen LogP contribution in [0.2, 0.25) is 0 Å². The van der Waals surface area contributed by atoms with Gasteiger partial charge in [0.1, 0.15) is 28.9 Å². The van der Waals surface area contributed by atoms with Crippen LogP contribution in [-0.2, 0) is 24.7 Å². The maximum absolute atomic E-state index is 13.5. The van der Waals surface area contributed by atoms with Crippen molar-refractivity contribution in [1.29, 1.82) is 0 Å². The van der Waals surface area contributed by atoms with Crippen molar-refractivity contribution < 1.29 is 38.9 Å². The third-order valence-corrected chi connectivity index (χ3v) is 6.76. The molecule has 1 fully saturated rings. The minimum Gasteiger partial charge on any atom is -0.508 e. The average Bonchev–Trinajstić information content (AvgIpc) is 3.31. The lowest BCUT2D eigenvalue weighted by Gasteiger charge is -2.36. The number of carbonyl (C=O) groups is 4. The second kappa shape index (κ2) is 7.40.